The van der Waals surface area contributed by atoms with Crippen molar-refractivity contribution in [2.75, 3.05) is 10.6 Å². The molecule has 146 valence electrons. The van der Waals surface area contributed by atoms with Crippen molar-refractivity contribution < 1.29 is 4.79 Å². The SMILES string of the molecule is Cc1ccc(NC(=O)c2ccc3[nH]c(Nc4c(Cl)cccc4Cl)nc3c2)cc1Cl. The second kappa shape index (κ2) is 7.95. The van der Waals surface area contributed by atoms with Crippen molar-refractivity contribution in [3.63, 3.8) is 0 Å². The van der Waals surface area contributed by atoms with E-state index in [1.807, 2.05) is 19.1 Å². The number of hydrogen-bond acceptors (Lipinski definition) is 3. The van der Waals surface area contributed by atoms with Crippen LogP contribution >= 0.6 is 34.8 Å². The standard InChI is InChI=1S/C21H15Cl3N4O/c1-11-5-7-13(10-16(11)24)25-20(29)12-6-8-17-18(9-12)27-21(26-17)28-19-14(22)3-2-4-15(19)23/h2-10H,1H3,(H,25,29)(H2,26,27,28). The lowest BCUT2D eigenvalue weighted by Gasteiger charge is -2.07. The van der Waals surface area contributed by atoms with Crippen LogP contribution in [-0.4, -0.2) is 15.9 Å². The number of benzene rings is 3. The number of carbonyl (C=O) groups is 1. The molecule has 0 aliphatic rings. The van der Waals surface area contributed by atoms with Crippen LogP contribution in [0, 0.1) is 6.92 Å². The van der Waals surface area contributed by atoms with E-state index in [0.29, 0.717) is 43.5 Å². The Morgan fingerprint density at radius 2 is 1.72 bits per heavy atom. The maximum Gasteiger partial charge on any atom is 0.255 e. The smallest absolute Gasteiger partial charge is 0.255 e. The number of nitrogens with one attached hydrogen (secondary N) is 3. The van der Waals surface area contributed by atoms with Gasteiger partial charge in [-0.2, -0.15) is 0 Å². The van der Waals surface area contributed by atoms with Gasteiger partial charge in [0.15, 0.2) is 0 Å². The number of aryl methyl sites for hydroxylation is 1. The molecular formula is C21H15Cl3N4O. The number of rotatable bonds is 4. The minimum atomic E-state index is -0.251. The van der Waals surface area contributed by atoms with Gasteiger partial charge in [0.1, 0.15) is 0 Å². The molecule has 8 heteroatoms. The van der Waals surface area contributed by atoms with Gasteiger partial charge in [-0.05, 0) is 55.0 Å². The number of aromatic amines is 1. The Kier molecular flexibility index (Phi) is 5.37. The largest absolute Gasteiger partial charge is 0.324 e. The molecule has 4 aromatic rings. The summed E-state index contributed by atoms with van der Waals surface area (Å²) in [6.07, 6.45) is 0. The van der Waals surface area contributed by atoms with Crippen molar-refractivity contribution in [1.82, 2.24) is 9.97 Å². The fourth-order valence-electron chi connectivity index (χ4n) is 2.82. The first-order chi connectivity index (χ1) is 13.9. The highest BCUT2D eigenvalue weighted by Crippen LogP contribution is 2.32. The Hall–Kier alpha value is -2.73. The number of carbonyl (C=O) groups excluding carboxylic acids is 1. The third kappa shape index (κ3) is 4.17. The quantitative estimate of drug-likeness (QED) is 0.322. The molecule has 4 rings (SSSR count). The maximum atomic E-state index is 12.6. The highest BCUT2D eigenvalue weighted by atomic mass is 35.5. The van der Waals surface area contributed by atoms with E-state index in [4.69, 9.17) is 34.8 Å². The van der Waals surface area contributed by atoms with Crippen molar-refractivity contribution in [1.29, 1.82) is 0 Å². The third-order valence-electron chi connectivity index (χ3n) is 4.38. The number of anilines is 3. The van der Waals surface area contributed by atoms with E-state index >= 15 is 0 Å². The van der Waals surface area contributed by atoms with Crippen molar-refractivity contribution in [3.05, 3.63) is 80.8 Å². The van der Waals surface area contributed by atoms with Gasteiger partial charge in [0.2, 0.25) is 5.95 Å². The first-order valence-corrected chi connectivity index (χ1v) is 9.82. The van der Waals surface area contributed by atoms with Crippen LogP contribution in [0.2, 0.25) is 15.1 Å². The monoisotopic (exact) mass is 444 g/mol. The summed E-state index contributed by atoms with van der Waals surface area (Å²) >= 11 is 18.5. The molecule has 0 radical (unpaired) electrons. The van der Waals surface area contributed by atoms with Crippen LogP contribution in [0.25, 0.3) is 11.0 Å². The van der Waals surface area contributed by atoms with Crippen LogP contribution in [0.5, 0.6) is 0 Å². The van der Waals surface area contributed by atoms with Gasteiger partial charge in [-0.1, -0.05) is 46.9 Å². The molecule has 0 unspecified atom stereocenters. The summed E-state index contributed by atoms with van der Waals surface area (Å²) in [7, 11) is 0. The minimum absolute atomic E-state index is 0.251. The van der Waals surface area contributed by atoms with Gasteiger partial charge in [-0.15, -0.1) is 0 Å². The molecular weight excluding hydrogens is 431 g/mol. The Bertz CT molecular complexity index is 1220. The molecule has 0 bridgehead atoms. The maximum absolute atomic E-state index is 12.6. The zero-order valence-electron chi connectivity index (χ0n) is 15.2. The molecule has 0 aliphatic heterocycles. The highest BCUT2D eigenvalue weighted by Gasteiger charge is 2.12. The Balaban J connectivity index is 1.58. The third-order valence-corrected chi connectivity index (χ3v) is 5.42. The molecule has 1 heterocycles. The topological polar surface area (TPSA) is 69.8 Å². The number of nitrogens with zero attached hydrogens (tertiary/aromatic N) is 1. The fraction of sp³-hybridized carbons (Fsp3) is 0.0476. The molecule has 0 atom stereocenters. The molecule has 0 fully saturated rings. The summed E-state index contributed by atoms with van der Waals surface area (Å²) in [5, 5.41) is 7.48. The number of amides is 1. The fourth-order valence-corrected chi connectivity index (χ4v) is 3.49. The van der Waals surface area contributed by atoms with E-state index in [9.17, 15) is 4.79 Å². The van der Waals surface area contributed by atoms with Crippen molar-refractivity contribution >= 4 is 69.1 Å². The van der Waals surface area contributed by atoms with Gasteiger partial charge >= 0.3 is 0 Å². The number of para-hydroxylation sites is 1. The molecule has 3 aromatic carbocycles. The first kappa shape index (κ1) is 19.6. The van der Waals surface area contributed by atoms with E-state index in [-0.39, 0.29) is 5.91 Å². The molecule has 1 amide bonds. The van der Waals surface area contributed by atoms with Crippen LogP contribution in [0.15, 0.2) is 54.6 Å². The molecule has 1 aromatic heterocycles. The summed E-state index contributed by atoms with van der Waals surface area (Å²) in [6.45, 7) is 1.90. The van der Waals surface area contributed by atoms with Crippen molar-refractivity contribution in [3.8, 4) is 0 Å². The highest BCUT2D eigenvalue weighted by molar-refractivity contribution is 6.39. The zero-order chi connectivity index (χ0) is 20.5. The molecule has 0 saturated heterocycles. The predicted molar refractivity (Wildman–Crippen MR) is 120 cm³/mol. The van der Waals surface area contributed by atoms with Crippen LogP contribution in [0.3, 0.4) is 0 Å². The van der Waals surface area contributed by atoms with Crippen LogP contribution in [-0.2, 0) is 0 Å². The average molecular weight is 446 g/mol. The summed E-state index contributed by atoms with van der Waals surface area (Å²) in [5.74, 6) is 0.219. The lowest BCUT2D eigenvalue weighted by Crippen LogP contribution is -2.11. The van der Waals surface area contributed by atoms with E-state index in [1.54, 1.807) is 42.5 Å². The predicted octanol–water partition coefficient (Wildman–Crippen LogP) is 6.83. The van der Waals surface area contributed by atoms with Crippen LogP contribution in [0.1, 0.15) is 15.9 Å². The van der Waals surface area contributed by atoms with Crippen LogP contribution < -0.4 is 10.6 Å². The summed E-state index contributed by atoms with van der Waals surface area (Å²) in [4.78, 5) is 20.2. The average Bonchev–Trinajstić information content (AvgIpc) is 3.09. The Morgan fingerprint density at radius 1 is 0.966 bits per heavy atom. The van der Waals surface area contributed by atoms with Crippen LogP contribution in [0.4, 0.5) is 17.3 Å². The second-order valence-corrected chi connectivity index (χ2v) is 7.68. The van der Waals surface area contributed by atoms with Crippen molar-refractivity contribution in [2.24, 2.45) is 0 Å². The molecule has 0 aliphatic carbocycles. The lowest BCUT2D eigenvalue weighted by atomic mass is 10.1. The number of hydrogen-bond donors (Lipinski definition) is 3. The summed E-state index contributed by atoms with van der Waals surface area (Å²) < 4.78 is 0. The van der Waals surface area contributed by atoms with E-state index < -0.39 is 0 Å². The normalized spacial score (nSPS) is 10.9. The molecule has 0 spiro atoms. The molecule has 3 N–H and O–H groups in total. The lowest BCUT2D eigenvalue weighted by molar-refractivity contribution is 0.102. The van der Waals surface area contributed by atoms with Gasteiger partial charge in [0, 0.05) is 16.3 Å². The Labute approximate surface area is 182 Å². The zero-order valence-corrected chi connectivity index (χ0v) is 17.5. The molecule has 29 heavy (non-hydrogen) atoms. The number of aromatic nitrogens is 2. The first-order valence-electron chi connectivity index (χ1n) is 8.69. The van der Waals surface area contributed by atoms with Gasteiger partial charge in [-0.25, -0.2) is 4.98 Å². The number of fused-ring (bicyclic) bond motifs is 1. The summed E-state index contributed by atoms with van der Waals surface area (Å²) in [6, 6.07) is 15.8. The van der Waals surface area contributed by atoms with Gasteiger partial charge in [0.25, 0.3) is 5.91 Å². The van der Waals surface area contributed by atoms with Gasteiger partial charge < -0.3 is 15.6 Å². The summed E-state index contributed by atoms with van der Waals surface area (Å²) in [5.41, 5.74) is 4.01. The number of imidazole rings is 1. The van der Waals surface area contributed by atoms with Gasteiger partial charge in [0.05, 0.1) is 26.8 Å². The molecule has 0 saturated carbocycles. The van der Waals surface area contributed by atoms with E-state index in [0.717, 1.165) is 11.1 Å². The van der Waals surface area contributed by atoms with E-state index in [1.165, 1.54) is 0 Å². The second-order valence-electron chi connectivity index (χ2n) is 6.46. The number of H-pyrrole nitrogens is 1. The van der Waals surface area contributed by atoms with E-state index in [2.05, 4.69) is 20.6 Å². The Morgan fingerprint density at radius 3 is 2.45 bits per heavy atom. The van der Waals surface area contributed by atoms with Gasteiger partial charge in [-0.3, -0.25) is 4.79 Å². The number of halogens is 3. The minimum Gasteiger partial charge on any atom is -0.324 e. The molecule has 5 nitrogen and oxygen atoms in total. The van der Waals surface area contributed by atoms with Crippen molar-refractivity contribution in [2.45, 2.75) is 6.92 Å².